The summed E-state index contributed by atoms with van der Waals surface area (Å²) < 4.78 is 12.3. The summed E-state index contributed by atoms with van der Waals surface area (Å²) in [5.74, 6) is -0.637. The van der Waals surface area contributed by atoms with E-state index in [1.807, 2.05) is 0 Å². The Morgan fingerprint density at radius 1 is 1.45 bits per heavy atom. The Labute approximate surface area is 124 Å². The van der Waals surface area contributed by atoms with Gasteiger partial charge in [-0.15, -0.1) is 0 Å². The van der Waals surface area contributed by atoms with Gasteiger partial charge in [-0.05, 0) is 32.0 Å². The number of nitrogens with one attached hydrogen (secondary N) is 2. The van der Waals surface area contributed by atoms with Gasteiger partial charge in [-0.3, -0.25) is 14.3 Å². The predicted octanol–water partition coefficient (Wildman–Crippen LogP) is 1.26. The monoisotopic (exact) mass is 317 g/mol. The van der Waals surface area contributed by atoms with Crippen molar-refractivity contribution < 1.29 is 13.8 Å². The van der Waals surface area contributed by atoms with E-state index in [4.69, 9.17) is 17.3 Å². The summed E-state index contributed by atoms with van der Waals surface area (Å²) in [5.41, 5.74) is 5.99. The smallest absolute Gasteiger partial charge is 0.321 e. The molecular formula is C12H16ClN3O3S. The van der Waals surface area contributed by atoms with E-state index in [1.165, 1.54) is 19.1 Å². The van der Waals surface area contributed by atoms with Gasteiger partial charge in [0.25, 0.3) is 0 Å². The number of imide groups is 1. The van der Waals surface area contributed by atoms with E-state index in [0.717, 1.165) is 0 Å². The van der Waals surface area contributed by atoms with Crippen molar-refractivity contribution in [3.05, 3.63) is 23.2 Å². The van der Waals surface area contributed by atoms with Crippen molar-refractivity contribution in [3.63, 3.8) is 0 Å². The van der Waals surface area contributed by atoms with Crippen molar-refractivity contribution in [3.8, 4) is 0 Å². The van der Waals surface area contributed by atoms with Gasteiger partial charge in [0, 0.05) is 12.2 Å². The molecule has 1 aromatic rings. The molecule has 4 N–H and O–H groups in total. The molecule has 0 saturated carbocycles. The zero-order valence-electron chi connectivity index (χ0n) is 11.1. The SMILES string of the molecule is CCNC(=O)NC(=O)C(C)S(=O)c1ccc(N)cc1Cl. The van der Waals surface area contributed by atoms with Crippen LogP contribution < -0.4 is 16.4 Å². The summed E-state index contributed by atoms with van der Waals surface area (Å²) in [7, 11) is -1.68. The Bertz CT molecular complexity index is 551. The minimum atomic E-state index is -1.68. The maximum absolute atomic E-state index is 12.3. The molecule has 6 nitrogen and oxygen atoms in total. The van der Waals surface area contributed by atoms with Crippen LogP contribution >= 0.6 is 11.6 Å². The van der Waals surface area contributed by atoms with E-state index in [0.29, 0.717) is 17.1 Å². The van der Waals surface area contributed by atoms with Crippen LogP contribution in [0.15, 0.2) is 23.1 Å². The third-order valence-corrected chi connectivity index (χ3v) is 4.51. The first kappa shape index (κ1) is 16.5. The number of amides is 3. The first-order chi connectivity index (χ1) is 9.36. The highest BCUT2D eigenvalue weighted by Crippen LogP contribution is 2.24. The first-order valence-electron chi connectivity index (χ1n) is 5.91. The average molecular weight is 318 g/mol. The topological polar surface area (TPSA) is 101 Å². The van der Waals surface area contributed by atoms with E-state index in [1.54, 1.807) is 13.0 Å². The molecule has 0 aliphatic rings. The Hall–Kier alpha value is -1.60. The molecule has 0 fully saturated rings. The zero-order valence-corrected chi connectivity index (χ0v) is 12.7. The summed E-state index contributed by atoms with van der Waals surface area (Å²) in [6, 6.07) is 3.89. The standard InChI is InChI=1S/C12H16ClN3O3S/c1-3-15-12(18)16-11(17)7(2)20(19)10-5-4-8(14)6-9(10)13/h4-7H,3,14H2,1-2H3,(H2,15,16,17,18). The van der Waals surface area contributed by atoms with Gasteiger partial charge in [0.2, 0.25) is 5.91 Å². The molecule has 20 heavy (non-hydrogen) atoms. The molecule has 0 radical (unpaired) electrons. The van der Waals surface area contributed by atoms with Crippen LogP contribution in [-0.2, 0) is 15.6 Å². The van der Waals surface area contributed by atoms with Gasteiger partial charge in [0.15, 0.2) is 0 Å². The lowest BCUT2D eigenvalue weighted by Gasteiger charge is -2.12. The number of carbonyl (C=O) groups is 2. The maximum Gasteiger partial charge on any atom is 0.321 e. The lowest BCUT2D eigenvalue weighted by molar-refractivity contribution is -0.119. The number of hydrogen-bond donors (Lipinski definition) is 3. The van der Waals surface area contributed by atoms with Crippen LogP contribution in [0.4, 0.5) is 10.5 Å². The van der Waals surface area contributed by atoms with Gasteiger partial charge in [0.1, 0.15) is 5.25 Å². The number of benzene rings is 1. The number of halogens is 1. The fourth-order valence-corrected chi connectivity index (χ4v) is 2.89. The van der Waals surface area contributed by atoms with Crippen molar-refractivity contribution in [2.24, 2.45) is 0 Å². The predicted molar refractivity (Wildman–Crippen MR) is 79.0 cm³/mol. The molecule has 0 heterocycles. The van der Waals surface area contributed by atoms with Crippen molar-refractivity contribution in [2.75, 3.05) is 12.3 Å². The molecule has 8 heteroatoms. The van der Waals surface area contributed by atoms with Crippen LogP contribution in [0.2, 0.25) is 5.02 Å². The van der Waals surface area contributed by atoms with Gasteiger partial charge in [-0.25, -0.2) is 4.79 Å². The van der Waals surface area contributed by atoms with Crippen molar-refractivity contribution in [2.45, 2.75) is 24.0 Å². The summed E-state index contributed by atoms with van der Waals surface area (Å²) in [6.45, 7) is 3.57. The number of anilines is 1. The highest BCUT2D eigenvalue weighted by Gasteiger charge is 2.24. The number of rotatable bonds is 4. The van der Waals surface area contributed by atoms with E-state index in [-0.39, 0.29) is 5.02 Å². The highest BCUT2D eigenvalue weighted by atomic mass is 35.5. The third-order valence-electron chi connectivity index (χ3n) is 2.44. The molecular weight excluding hydrogens is 302 g/mol. The summed E-state index contributed by atoms with van der Waals surface area (Å²) in [4.78, 5) is 23.3. The van der Waals surface area contributed by atoms with E-state index >= 15 is 0 Å². The van der Waals surface area contributed by atoms with Crippen LogP contribution in [0.5, 0.6) is 0 Å². The Morgan fingerprint density at radius 3 is 2.65 bits per heavy atom. The summed E-state index contributed by atoms with van der Waals surface area (Å²) >= 11 is 5.94. The van der Waals surface area contributed by atoms with Crippen molar-refractivity contribution in [1.29, 1.82) is 0 Å². The summed E-state index contributed by atoms with van der Waals surface area (Å²) in [5, 5.41) is 3.83. The zero-order chi connectivity index (χ0) is 15.3. The van der Waals surface area contributed by atoms with Crippen LogP contribution in [-0.4, -0.2) is 27.9 Å². The number of nitrogens with two attached hydrogens (primary N) is 1. The Morgan fingerprint density at radius 2 is 2.10 bits per heavy atom. The number of urea groups is 1. The molecule has 2 unspecified atom stereocenters. The van der Waals surface area contributed by atoms with Gasteiger partial charge in [-0.2, -0.15) is 0 Å². The van der Waals surface area contributed by atoms with Crippen LogP contribution in [0, 0.1) is 0 Å². The molecule has 3 amide bonds. The van der Waals surface area contributed by atoms with Gasteiger partial charge < -0.3 is 11.1 Å². The largest absolute Gasteiger partial charge is 0.399 e. The van der Waals surface area contributed by atoms with Gasteiger partial charge in [0.05, 0.1) is 20.7 Å². The molecule has 1 rings (SSSR count). The maximum atomic E-state index is 12.3. The first-order valence-corrected chi connectivity index (χ1v) is 7.50. The molecule has 110 valence electrons. The number of carbonyl (C=O) groups excluding carboxylic acids is 2. The fourth-order valence-electron chi connectivity index (χ4n) is 1.39. The van der Waals surface area contributed by atoms with Gasteiger partial charge >= 0.3 is 6.03 Å². The second-order valence-electron chi connectivity index (χ2n) is 3.98. The van der Waals surface area contributed by atoms with Crippen LogP contribution in [0.25, 0.3) is 0 Å². The average Bonchev–Trinajstić information content (AvgIpc) is 2.37. The molecule has 0 aliphatic heterocycles. The fraction of sp³-hybridized carbons (Fsp3) is 0.333. The molecule has 0 saturated heterocycles. The third kappa shape index (κ3) is 4.21. The van der Waals surface area contributed by atoms with Crippen molar-refractivity contribution >= 4 is 40.0 Å². The van der Waals surface area contributed by atoms with E-state index in [2.05, 4.69) is 10.6 Å². The minimum absolute atomic E-state index is 0.223. The number of hydrogen-bond acceptors (Lipinski definition) is 4. The quantitative estimate of drug-likeness (QED) is 0.728. The van der Waals surface area contributed by atoms with E-state index in [9.17, 15) is 13.8 Å². The normalized spacial score (nSPS) is 13.3. The molecule has 1 aromatic carbocycles. The van der Waals surface area contributed by atoms with Crippen LogP contribution in [0.3, 0.4) is 0 Å². The molecule has 0 bridgehead atoms. The van der Waals surface area contributed by atoms with E-state index < -0.39 is 28.0 Å². The highest BCUT2D eigenvalue weighted by molar-refractivity contribution is 7.86. The molecule has 0 spiro atoms. The summed E-state index contributed by atoms with van der Waals surface area (Å²) in [6.07, 6.45) is 0. The van der Waals surface area contributed by atoms with Crippen LogP contribution in [0.1, 0.15) is 13.8 Å². The second kappa shape index (κ2) is 7.25. The Balaban J connectivity index is 2.80. The lowest BCUT2D eigenvalue weighted by Crippen LogP contribution is -2.44. The second-order valence-corrected chi connectivity index (χ2v) is 6.13. The van der Waals surface area contributed by atoms with Gasteiger partial charge in [-0.1, -0.05) is 11.6 Å². The van der Waals surface area contributed by atoms with Crippen molar-refractivity contribution in [1.82, 2.24) is 10.6 Å². The Kier molecular flexibility index (Phi) is 5.97. The molecule has 0 aliphatic carbocycles. The number of nitrogen functional groups attached to an aromatic ring is 1. The molecule has 0 aromatic heterocycles. The minimum Gasteiger partial charge on any atom is -0.399 e. The molecule has 2 atom stereocenters. The lowest BCUT2D eigenvalue weighted by atomic mass is 10.3.